The highest BCUT2D eigenvalue weighted by atomic mass is 16.6. The molecule has 33 heavy (non-hydrogen) atoms. The second kappa shape index (κ2) is 8.97. The molecule has 1 aliphatic heterocycles. The van der Waals surface area contributed by atoms with E-state index in [0.29, 0.717) is 11.4 Å². The van der Waals surface area contributed by atoms with Crippen molar-refractivity contribution in [2.75, 3.05) is 24.7 Å². The number of nitrogens with one attached hydrogen (secondary N) is 1. The van der Waals surface area contributed by atoms with E-state index in [1.807, 2.05) is 0 Å². The Morgan fingerprint density at radius 3 is 2.79 bits per heavy atom. The number of rotatable bonds is 5. The van der Waals surface area contributed by atoms with Gasteiger partial charge in [-0.2, -0.15) is 0 Å². The van der Waals surface area contributed by atoms with Gasteiger partial charge in [0.15, 0.2) is 23.8 Å². The molecule has 0 aliphatic carbocycles. The number of aliphatic hydroxyl groups excluding tert-OH is 2. The number of imide groups is 1. The average Bonchev–Trinajstić information content (AvgIpc) is 3.36. The number of hydrogen-bond acceptors (Lipinski definition) is 10. The summed E-state index contributed by atoms with van der Waals surface area (Å²) in [4.78, 5) is 38.8. The fraction of sp³-hybridized carbons (Fsp3) is 0.350. The molecular formula is C20H23N7O6. The van der Waals surface area contributed by atoms with Crippen LogP contribution in [-0.2, 0) is 9.53 Å². The third-order valence-electron chi connectivity index (χ3n) is 5.29. The van der Waals surface area contributed by atoms with Crippen LogP contribution < -0.4 is 15.8 Å². The maximum Gasteiger partial charge on any atom is 0.328 e. The van der Waals surface area contributed by atoms with Gasteiger partial charge in [0, 0.05) is 18.3 Å². The first-order valence-electron chi connectivity index (χ1n) is 10.1. The molecule has 1 saturated heterocycles. The van der Waals surface area contributed by atoms with Crippen LogP contribution in [0.3, 0.4) is 0 Å². The molecular weight excluding hydrogens is 434 g/mol. The number of aliphatic hydroxyl groups is 2. The summed E-state index contributed by atoms with van der Waals surface area (Å²) < 4.78 is 12.2. The van der Waals surface area contributed by atoms with Gasteiger partial charge in [-0.3, -0.25) is 14.3 Å². The van der Waals surface area contributed by atoms with Crippen molar-refractivity contribution in [3.63, 3.8) is 0 Å². The van der Waals surface area contributed by atoms with Crippen LogP contribution in [0.4, 0.5) is 16.3 Å². The molecule has 0 bridgehead atoms. The molecule has 13 nitrogen and oxygen atoms in total. The predicted molar refractivity (Wildman–Crippen MR) is 115 cm³/mol. The number of carbonyl (C=O) groups excluding carboxylic acids is 2. The Kier molecular flexibility index (Phi) is 6.09. The molecule has 0 radical (unpaired) electrons. The van der Waals surface area contributed by atoms with Crippen molar-refractivity contribution >= 4 is 34.6 Å². The lowest BCUT2D eigenvalue weighted by Crippen LogP contribution is -2.49. The third kappa shape index (κ3) is 4.04. The third-order valence-corrected chi connectivity index (χ3v) is 5.29. The van der Waals surface area contributed by atoms with Gasteiger partial charge in [0.2, 0.25) is 0 Å². The summed E-state index contributed by atoms with van der Waals surface area (Å²) in [5.74, 6) is -0.156. The van der Waals surface area contributed by atoms with Crippen LogP contribution >= 0.6 is 0 Å². The van der Waals surface area contributed by atoms with Gasteiger partial charge in [-0.05, 0) is 19.1 Å². The molecule has 1 fully saturated rings. The maximum atomic E-state index is 13.1. The Bertz CT molecular complexity index is 1180. The van der Waals surface area contributed by atoms with E-state index in [-0.39, 0.29) is 23.5 Å². The molecule has 5 N–H and O–H groups in total. The Hall–Kier alpha value is -3.81. The topological polar surface area (TPSA) is 178 Å². The Labute approximate surface area is 187 Å². The first kappa shape index (κ1) is 22.4. The zero-order chi connectivity index (χ0) is 23.7. The second-order valence-corrected chi connectivity index (χ2v) is 7.26. The number of fused-ring (bicyclic) bond motifs is 1. The molecule has 1 aromatic carbocycles. The van der Waals surface area contributed by atoms with Gasteiger partial charge in [-0.1, -0.05) is 6.07 Å². The first-order chi connectivity index (χ1) is 15.8. The van der Waals surface area contributed by atoms with E-state index in [2.05, 4.69) is 20.3 Å². The number of aromatic nitrogens is 4. The smallest absolute Gasteiger partial charge is 0.328 e. The van der Waals surface area contributed by atoms with Gasteiger partial charge >= 0.3 is 6.03 Å². The normalized spacial score (nSPS) is 22.3. The lowest BCUT2D eigenvalue weighted by Gasteiger charge is -2.24. The zero-order valence-corrected chi connectivity index (χ0v) is 17.8. The Balaban J connectivity index is 1.54. The van der Waals surface area contributed by atoms with Crippen molar-refractivity contribution < 1.29 is 29.3 Å². The summed E-state index contributed by atoms with van der Waals surface area (Å²) in [7, 11) is 1.49. The molecule has 174 valence electrons. The van der Waals surface area contributed by atoms with Gasteiger partial charge in [-0.15, -0.1) is 0 Å². The highest BCUT2D eigenvalue weighted by Gasteiger charge is 2.49. The predicted octanol–water partition coefficient (Wildman–Crippen LogP) is 0.117. The van der Waals surface area contributed by atoms with E-state index in [4.69, 9.17) is 15.2 Å². The van der Waals surface area contributed by atoms with Crippen molar-refractivity contribution in [3.05, 3.63) is 36.9 Å². The highest BCUT2D eigenvalue weighted by Crippen LogP contribution is 2.33. The van der Waals surface area contributed by atoms with Crippen LogP contribution in [-0.4, -0.2) is 78.5 Å². The molecule has 3 heterocycles. The lowest BCUT2D eigenvalue weighted by atomic mass is 10.1. The number of amides is 3. The number of nitrogens with zero attached hydrogens (tertiary/aromatic N) is 5. The number of likely N-dealkylation sites (N-methyl/N-ethyl adjacent to an activating group) is 1. The van der Waals surface area contributed by atoms with Gasteiger partial charge in [0.25, 0.3) is 5.91 Å². The molecule has 2 aromatic heterocycles. The van der Waals surface area contributed by atoms with Crippen molar-refractivity contribution in [2.45, 2.75) is 31.5 Å². The van der Waals surface area contributed by atoms with E-state index < -0.39 is 36.5 Å². The van der Waals surface area contributed by atoms with Gasteiger partial charge in [-0.25, -0.2) is 19.7 Å². The summed E-state index contributed by atoms with van der Waals surface area (Å²) in [6, 6.07) is 5.90. The molecule has 1 aliphatic rings. The quantitative estimate of drug-likeness (QED) is 0.411. The van der Waals surface area contributed by atoms with E-state index in [1.54, 1.807) is 31.2 Å². The minimum atomic E-state index is -1.60. The van der Waals surface area contributed by atoms with Crippen molar-refractivity contribution in [2.24, 2.45) is 0 Å². The van der Waals surface area contributed by atoms with Gasteiger partial charge in [0.05, 0.1) is 13.4 Å². The number of carbonyl (C=O) groups is 2. The molecule has 4 atom stereocenters. The number of benzene rings is 1. The van der Waals surface area contributed by atoms with Crippen LogP contribution in [0.2, 0.25) is 0 Å². The number of nitrogens with two attached hydrogens (primary N) is 1. The lowest BCUT2D eigenvalue weighted by molar-refractivity contribution is -0.145. The summed E-state index contributed by atoms with van der Waals surface area (Å²) in [5.41, 5.74) is 6.74. The van der Waals surface area contributed by atoms with E-state index >= 15 is 0 Å². The van der Waals surface area contributed by atoms with E-state index in [9.17, 15) is 19.8 Å². The fourth-order valence-electron chi connectivity index (χ4n) is 3.59. The molecule has 0 spiro atoms. The summed E-state index contributed by atoms with van der Waals surface area (Å²) >= 11 is 0. The summed E-state index contributed by atoms with van der Waals surface area (Å²) in [5, 5.41) is 23.7. The van der Waals surface area contributed by atoms with Crippen LogP contribution in [0.25, 0.3) is 11.2 Å². The summed E-state index contributed by atoms with van der Waals surface area (Å²) in [6.07, 6.45) is -3.25. The molecule has 0 saturated carbocycles. The number of methoxy groups -OCH3 is 1. The van der Waals surface area contributed by atoms with Gasteiger partial charge in [0.1, 0.15) is 29.8 Å². The van der Waals surface area contributed by atoms with Crippen LogP contribution in [0.15, 0.2) is 36.9 Å². The Morgan fingerprint density at radius 2 is 2.06 bits per heavy atom. The molecule has 3 amide bonds. The highest BCUT2D eigenvalue weighted by molar-refractivity contribution is 6.03. The second-order valence-electron chi connectivity index (χ2n) is 7.26. The number of hydrogen-bond donors (Lipinski definition) is 4. The number of urea groups is 1. The fourth-order valence-corrected chi connectivity index (χ4v) is 3.59. The average molecular weight is 457 g/mol. The number of nitrogen functional groups attached to an aromatic ring is 1. The van der Waals surface area contributed by atoms with Crippen LogP contribution in [0, 0.1) is 0 Å². The summed E-state index contributed by atoms with van der Waals surface area (Å²) in [6.45, 7) is 1.60. The molecule has 3 aromatic rings. The maximum absolute atomic E-state index is 13.1. The molecule has 0 unspecified atom stereocenters. The number of anilines is 2. The van der Waals surface area contributed by atoms with Crippen LogP contribution in [0.5, 0.6) is 5.75 Å². The van der Waals surface area contributed by atoms with E-state index in [1.165, 1.54) is 24.3 Å². The first-order valence-corrected chi connectivity index (χ1v) is 10.1. The molecule has 4 rings (SSSR count). The van der Waals surface area contributed by atoms with Crippen molar-refractivity contribution in [1.82, 2.24) is 24.4 Å². The van der Waals surface area contributed by atoms with Crippen molar-refractivity contribution in [1.29, 1.82) is 0 Å². The standard InChI is InChI=1S/C20H23N7O6/c1-3-26(20(31)25-10-5-4-6-11(7-10)32-2)18(30)15-13(28)14(29)19(33-15)27-9-24-12-16(21)22-8-23-17(12)27/h4-9,13-15,19,28-29H,3H2,1-2H3,(H,25,31)(H2,21,22,23)/t13-,14+,15-,19+/m0/s1. The minimum absolute atomic E-state index is 0.000256. The van der Waals surface area contributed by atoms with Crippen molar-refractivity contribution in [3.8, 4) is 5.75 Å². The number of ether oxygens (including phenoxy) is 2. The SMILES string of the molecule is CCN(C(=O)Nc1cccc(OC)c1)C(=O)[C@H]1O[C@@H](n2cnc3c(N)ncnc32)[C@H](O)[C@@H]1O. The monoisotopic (exact) mass is 457 g/mol. The zero-order valence-electron chi connectivity index (χ0n) is 17.8. The minimum Gasteiger partial charge on any atom is -0.497 e. The molecule has 13 heteroatoms. The van der Waals surface area contributed by atoms with E-state index in [0.717, 1.165) is 4.90 Å². The van der Waals surface area contributed by atoms with Gasteiger partial charge < -0.3 is 30.7 Å². The number of imidazole rings is 1. The Morgan fingerprint density at radius 1 is 1.27 bits per heavy atom. The largest absolute Gasteiger partial charge is 0.497 e. The van der Waals surface area contributed by atoms with Crippen LogP contribution in [0.1, 0.15) is 13.2 Å².